The number of ether oxygens (including phenoxy) is 1. The summed E-state index contributed by atoms with van der Waals surface area (Å²) >= 11 is 8.96. The fraction of sp³-hybridized carbons (Fsp3) is 0.0476. The van der Waals surface area contributed by atoms with Crippen LogP contribution in [0.1, 0.15) is 17.4 Å². The molecule has 3 aromatic rings. The number of nitro benzene ring substituents is 1. The maximum atomic E-state index is 12.9. The maximum absolute atomic E-state index is 12.9. The number of hydrogen-bond acceptors (Lipinski definition) is 6. The standard InChI is InChI=1S/C21H14BrClN2O6/c22-18-10-7-15(30-18)8-11-19(26)31-20(13-4-2-1-3-5-13)21(27)24-14-6-9-16(23)17(12-14)25(28)29/h1-12,20H,(H,24,27)/b11-8+. The molecule has 1 atom stereocenters. The van der Waals surface area contributed by atoms with Crippen LogP contribution in [0.3, 0.4) is 0 Å². The van der Waals surface area contributed by atoms with Gasteiger partial charge in [-0.2, -0.15) is 0 Å². The predicted molar refractivity (Wildman–Crippen MR) is 117 cm³/mol. The van der Waals surface area contributed by atoms with Crippen molar-refractivity contribution >= 4 is 56.9 Å². The largest absolute Gasteiger partial charge is 0.450 e. The molecule has 31 heavy (non-hydrogen) atoms. The zero-order chi connectivity index (χ0) is 22.4. The lowest BCUT2D eigenvalue weighted by Gasteiger charge is -2.17. The normalized spacial score (nSPS) is 11.8. The summed E-state index contributed by atoms with van der Waals surface area (Å²) in [4.78, 5) is 35.6. The van der Waals surface area contributed by atoms with Gasteiger partial charge in [-0.25, -0.2) is 4.79 Å². The SMILES string of the molecule is O=C(/C=C/c1ccc(Br)o1)OC(C(=O)Nc1ccc(Cl)c([N+](=O)[O-])c1)c1ccccc1. The minimum absolute atomic E-state index is 0.0660. The van der Waals surface area contributed by atoms with Crippen LogP contribution in [0, 0.1) is 10.1 Å². The number of nitrogens with zero attached hydrogens (tertiary/aromatic N) is 1. The molecule has 0 aliphatic heterocycles. The molecule has 0 spiro atoms. The van der Waals surface area contributed by atoms with Gasteiger partial charge < -0.3 is 14.5 Å². The first-order chi connectivity index (χ1) is 14.8. The van der Waals surface area contributed by atoms with Gasteiger partial charge in [0.15, 0.2) is 4.67 Å². The summed E-state index contributed by atoms with van der Waals surface area (Å²) in [6.07, 6.45) is 1.23. The van der Waals surface area contributed by atoms with E-state index in [1.165, 1.54) is 18.2 Å². The Hall–Kier alpha value is -3.43. The number of carbonyl (C=O) groups is 2. The molecule has 1 N–H and O–H groups in total. The van der Waals surface area contributed by atoms with Gasteiger partial charge in [-0.15, -0.1) is 0 Å². The number of furan rings is 1. The van der Waals surface area contributed by atoms with E-state index < -0.39 is 22.9 Å². The summed E-state index contributed by atoms with van der Waals surface area (Å²) in [6, 6.07) is 15.5. The molecule has 0 radical (unpaired) electrons. The van der Waals surface area contributed by atoms with Crippen LogP contribution in [0.2, 0.25) is 5.02 Å². The number of amides is 1. The quantitative estimate of drug-likeness (QED) is 0.195. The highest BCUT2D eigenvalue weighted by Gasteiger charge is 2.25. The van der Waals surface area contributed by atoms with Gasteiger partial charge in [0.05, 0.1) is 4.92 Å². The van der Waals surface area contributed by atoms with Crippen molar-refractivity contribution in [3.63, 3.8) is 0 Å². The Morgan fingerprint density at radius 1 is 1.16 bits per heavy atom. The Morgan fingerprint density at radius 3 is 2.55 bits per heavy atom. The number of hydrogen-bond donors (Lipinski definition) is 1. The number of nitrogens with one attached hydrogen (secondary N) is 1. The minimum Gasteiger partial charge on any atom is -0.450 e. The van der Waals surface area contributed by atoms with E-state index in [0.29, 0.717) is 16.0 Å². The highest BCUT2D eigenvalue weighted by Crippen LogP contribution is 2.28. The summed E-state index contributed by atoms with van der Waals surface area (Å²) in [6.45, 7) is 0. The third-order valence-corrected chi connectivity index (χ3v) is 4.71. The summed E-state index contributed by atoms with van der Waals surface area (Å²) in [5.74, 6) is -1.05. The van der Waals surface area contributed by atoms with Crippen molar-refractivity contribution < 1.29 is 23.7 Å². The predicted octanol–water partition coefficient (Wildman–Crippen LogP) is 5.54. The highest BCUT2D eigenvalue weighted by atomic mass is 79.9. The number of benzene rings is 2. The number of esters is 1. The summed E-state index contributed by atoms with van der Waals surface area (Å²) in [5, 5.41) is 13.5. The molecule has 8 nitrogen and oxygen atoms in total. The molecule has 1 heterocycles. The van der Waals surface area contributed by atoms with E-state index in [1.54, 1.807) is 42.5 Å². The van der Waals surface area contributed by atoms with Gasteiger partial charge in [0.1, 0.15) is 10.8 Å². The Labute approximate surface area is 189 Å². The van der Waals surface area contributed by atoms with Crippen LogP contribution >= 0.6 is 27.5 Å². The molecule has 0 fully saturated rings. The summed E-state index contributed by atoms with van der Waals surface area (Å²) < 4.78 is 11.1. The second-order valence-corrected chi connectivity index (χ2v) is 7.30. The third kappa shape index (κ3) is 6.03. The molecule has 1 aromatic heterocycles. The molecule has 10 heteroatoms. The maximum Gasteiger partial charge on any atom is 0.332 e. The van der Waals surface area contributed by atoms with Crippen molar-refractivity contribution in [3.05, 3.63) is 97.9 Å². The molecule has 3 rings (SSSR count). The van der Waals surface area contributed by atoms with Crippen molar-refractivity contribution in [2.75, 3.05) is 5.32 Å². The lowest BCUT2D eigenvalue weighted by Crippen LogP contribution is -2.25. The van der Waals surface area contributed by atoms with Crippen LogP contribution in [0.5, 0.6) is 0 Å². The van der Waals surface area contributed by atoms with Crippen LogP contribution in [-0.4, -0.2) is 16.8 Å². The lowest BCUT2D eigenvalue weighted by molar-refractivity contribution is -0.384. The summed E-state index contributed by atoms with van der Waals surface area (Å²) in [5.41, 5.74) is 0.195. The average Bonchev–Trinajstić information content (AvgIpc) is 3.17. The van der Waals surface area contributed by atoms with Gasteiger partial charge >= 0.3 is 5.97 Å². The fourth-order valence-electron chi connectivity index (χ4n) is 2.56. The number of rotatable bonds is 7. The van der Waals surface area contributed by atoms with Crippen molar-refractivity contribution in [3.8, 4) is 0 Å². The lowest BCUT2D eigenvalue weighted by atomic mass is 10.1. The van der Waals surface area contributed by atoms with Crippen LogP contribution in [0.4, 0.5) is 11.4 Å². The molecule has 0 saturated heterocycles. The molecular weight excluding hydrogens is 492 g/mol. The van der Waals surface area contributed by atoms with E-state index in [2.05, 4.69) is 21.2 Å². The van der Waals surface area contributed by atoms with E-state index in [0.717, 1.165) is 12.1 Å². The van der Waals surface area contributed by atoms with E-state index in [-0.39, 0.29) is 16.4 Å². The van der Waals surface area contributed by atoms with Crippen molar-refractivity contribution in [2.24, 2.45) is 0 Å². The van der Waals surface area contributed by atoms with E-state index in [1.807, 2.05) is 0 Å². The Bertz CT molecular complexity index is 1150. The molecule has 1 amide bonds. The van der Waals surface area contributed by atoms with Crippen LogP contribution in [-0.2, 0) is 14.3 Å². The van der Waals surface area contributed by atoms with Crippen LogP contribution in [0.25, 0.3) is 6.08 Å². The van der Waals surface area contributed by atoms with Crippen LogP contribution < -0.4 is 5.32 Å². The Balaban J connectivity index is 1.80. The number of carbonyl (C=O) groups excluding carboxylic acids is 2. The molecule has 2 aromatic carbocycles. The van der Waals surface area contributed by atoms with E-state index in [4.69, 9.17) is 20.8 Å². The first-order valence-corrected chi connectivity index (χ1v) is 9.94. The topological polar surface area (TPSA) is 112 Å². The summed E-state index contributed by atoms with van der Waals surface area (Å²) in [7, 11) is 0. The van der Waals surface area contributed by atoms with Gasteiger partial charge in [0.2, 0.25) is 6.10 Å². The van der Waals surface area contributed by atoms with Crippen LogP contribution in [0.15, 0.2) is 75.8 Å². The second-order valence-electron chi connectivity index (χ2n) is 6.12. The minimum atomic E-state index is -1.29. The smallest absolute Gasteiger partial charge is 0.332 e. The van der Waals surface area contributed by atoms with Crippen molar-refractivity contribution in [2.45, 2.75) is 6.10 Å². The van der Waals surface area contributed by atoms with Gasteiger partial charge in [-0.05, 0) is 46.3 Å². The molecule has 0 bridgehead atoms. The molecular formula is C21H14BrClN2O6. The molecule has 0 aliphatic carbocycles. The number of nitro groups is 1. The highest BCUT2D eigenvalue weighted by molar-refractivity contribution is 9.10. The van der Waals surface area contributed by atoms with Crippen molar-refractivity contribution in [1.82, 2.24) is 0 Å². The van der Waals surface area contributed by atoms with Gasteiger partial charge in [0.25, 0.3) is 11.6 Å². The Kier molecular flexibility index (Phi) is 7.22. The Morgan fingerprint density at radius 2 is 1.90 bits per heavy atom. The third-order valence-electron chi connectivity index (χ3n) is 3.96. The zero-order valence-electron chi connectivity index (χ0n) is 15.7. The van der Waals surface area contributed by atoms with Gasteiger partial charge in [-0.3, -0.25) is 14.9 Å². The number of halogens is 2. The zero-order valence-corrected chi connectivity index (χ0v) is 18.0. The van der Waals surface area contributed by atoms with Gasteiger partial charge in [0, 0.05) is 23.4 Å². The van der Waals surface area contributed by atoms with E-state index >= 15 is 0 Å². The van der Waals surface area contributed by atoms with Crippen molar-refractivity contribution in [1.29, 1.82) is 0 Å². The van der Waals surface area contributed by atoms with E-state index in [9.17, 15) is 19.7 Å². The molecule has 1 unspecified atom stereocenters. The number of anilines is 1. The molecule has 0 saturated carbocycles. The second kappa shape index (κ2) is 10.1. The first-order valence-electron chi connectivity index (χ1n) is 8.77. The molecule has 158 valence electrons. The first kappa shape index (κ1) is 22.3. The average molecular weight is 506 g/mol. The van der Waals surface area contributed by atoms with Gasteiger partial charge in [-0.1, -0.05) is 41.9 Å². The monoisotopic (exact) mass is 504 g/mol. The molecule has 0 aliphatic rings. The fourth-order valence-corrected chi connectivity index (χ4v) is 3.07.